The van der Waals surface area contributed by atoms with Crippen molar-refractivity contribution in [1.29, 1.82) is 0 Å². The number of non-ortho nitro benzene ring substituents is 2. The van der Waals surface area contributed by atoms with Gasteiger partial charge in [-0.15, -0.1) is 0 Å². The van der Waals surface area contributed by atoms with E-state index in [0.717, 1.165) is 0 Å². The first-order valence-electron chi connectivity index (χ1n) is 8.37. The number of hydrogen-bond donors (Lipinski definition) is 2. The van der Waals surface area contributed by atoms with Gasteiger partial charge in [0.2, 0.25) is 0 Å². The number of nitro groups is 2. The van der Waals surface area contributed by atoms with Crippen LogP contribution in [0.1, 0.15) is 25.0 Å². The molecule has 2 aromatic carbocycles. The van der Waals surface area contributed by atoms with E-state index in [1.807, 2.05) is 0 Å². The molecule has 0 aromatic heterocycles. The summed E-state index contributed by atoms with van der Waals surface area (Å²) in [6.45, 7) is 2.84. The van der Waals surface area contributed by atoms with Gasteiger partial charge in [-0.1, -0.05) is 0 Å². The van der Waals surface area contributed by atoms with E-state index in [-0.39, 0.29) is 58.4 Å². The fraction of sp³-hybridized carbons (Fsp3) is 0.100. The summed E-state index contributed by atoms with van der Waals surface area (Å²) >= 11 is 0. The van der Waals surface area contributed by atoms with Crippen LogP contribution in [-0.2, 0) is 0 Å². The molecule has 0 bridgehead atoms. The second kappa shape index (κ2) is 12.9. The molecule has 0 fully saturated rings. The van der Waals surface area contributed by atoms with Crippen molar-refractivity contribution in [1.82, 2.24) is 0 Å². The Hall–Kier alpha value is -3.54. The molecule has 2 aromatic rings. The minimum Gasteiger partial charge on any atom is -0.512 e. The molecule has 2 rings (SSSR count). The maximum Gasteiger partial charge on any atom is 0.350 e. The van der Waals surface area contributed by atoms with Gasteiger partial charge in [0.25, 0.3) is 11.4 Å². The number of allylic oxidation sites excluding steroid dienone is 4. The number of benzene rings is 2. The number of nitro benzene ring substituents is 2. The van der Waals surface area contributed by atoms with Crippen molar-refractivity contribution >= 4 is 46.8 Å². The summed E-state index contributed by atoms with van der Waals surface area (Å²) in [5, 5.41) is 38.5. The summed E-state index contributed by atoms with van der Waals surface area (Å²) in [4.78, 5) is 38.5. The fourth-order valence-electron chi connectivity index (χ4n) is 2.07. The van der Waals surface area contributed by atoms with Gasteiger partial charge in [0.05, 0.1) is 44.6 Å². The maximum atomic E-state index is 10.3. The number of rotatable bonds is 6. The van der Waals surface area contributed by atoms with Gasteiger partial charge in [0.1, 0.15) is 0 Å². The summed E-state index contributed by atoms with van der Waals surface area (Å²) < 4.78 is 0. The number of aliphatic hydroxyl groups excluding tert-OH is 2. The fourth-order valence-corrected chi connectivity index (χ4v) is 2.07. The first-order chi connectivity index (χ1) is 14.0. The summed E-state index contributed by atoms with van der Waals surface area (Å²) in [7, 11) is 0. The van der Waals surface area contributed by atoms with Crippen LogP contribution >= 0.6 is 0 Å². The van der Waals surface area contributed by atoms with Crippen molar-refractivity contribution < 1.29 is 29.6 Å². The quantitative estimate of drug-likeness (QED) is 0.109. The molecule has 11 heteroatoms. The molecule has 0 aliphatic heterocycles. The summed E-state index contributed by atoms with van der Waals surface area (Å²) in [5.74, 6) is -0.341. The van der Waals surface area contributed by atoms with Gasteiger partial charge in [-0.05, 0) is 38.1 Å². The average molecular weight is 535 g/mol. The van der Waals surface area contributed by atoms with Crippen LogP contribution < -0.4 is 0 Å². The third kappa shape index (κ3) is 9.67. The molecular weight excluding hydrogens is 515 g/mol. The molecular formula is C20H20N2O8Sn+2. The Morgan fingerprint density at radius 3 is 1.19 bits per heavy atom. The molecule has 0 spiro atoms. The van der Waals surface area contributed by atoms with Crippen molar-refractivity contribution in [2.75, 3.05) is 0 Å². The molecule has 31 heavy (non-hydrogen) atoms. The first kappa shape index (κ1) is 27.5. The zero-order valence-corrected chi connectivity index (χ0v) is 19.4. The van der Waals surface area contributed by atoms with E-state index in [9.17, 15) is 29.8 Å². The molecule has 0 unspecified atom stereocenters. The number of carbonyl (C=O) groups excluding carboxylic acids is 2. The minimum atomic E-state index is -0.520. The van der Waals surface area contributed by atoms with E-state index >= 15 is 0 Å². The SMILES string of the molecule is C/C(O)=C/C(=[OH+])c1ccc([N+](=O)[O-])cc1.C/C(O)=C/C(=[OH+])c1ccc([N+](=O)[O-])cc1.[Sn]. The first-order valence-corrected chi connectivity index (χ1v) is 8.37. The van der Waals surface area contributed by atoms with Gasteiger partial charge < -0.3 is 10.2 Å². The Balaban J connectivity index is 0.000000562. The molecule has 0 amide bonds. The van der Waals surface area contributed by atoms with Gasteiger partial charge in [-0.25, -0.2) is 0 Å². The van der Waals surface area contributed by atoms with Gasteiger partial charge in [-0.2, -0.15) is 0 Å². The molecule has 0 saturated heterocycles. The van der Waals surface area contributed by atoms with Crippen LogP contribution in [0.3, 0.4) is 0 Å². The van der Waals surface area contributed by atoms with Crippen LogP contribution in [-0.4, -0.2) is 65.1 Å². The molecule has 0 heterocycles. The third-order valence-corrected chi connectivity index (χ3v) is 3.44. The Kier molecular flexibility index (Phi) is 11.4. The molecule has 10 nitrogen and oxygen atoms in total. The topological polar surface area (TPSA) is 170 Å². The van der Waals surface area contributed by atoms with Crippen LogP contribution in [0.5, 0.6) is 0 Å². The maximum absolute atomic E-state index is 10.3. The van der Waals surface area contributed by atoms with Crippen LogP contribution in [0, 0.1) is 20.2 Å². The van der Waals surface area contributed by atoms with E-state index in [0.29, 0.717) is 11.1 Å². The molecule has 0 aliphatic carbocycles. The molecule has 0 saturated carbocycles. The summed E-state index contributed by atoms with van der Waals surface area (Å²) in [6.07, 6.45) is 2.34. The molecule has 4 radical (unpaired) electrons. The largest absolute Gasteiger partial charge is 0.512 e. The van der Waals surface area contributed by atoms with Gasteiger partial charge in [0, 0.05) is 48.2 Å². The Labute approximate surface area is 193 Å². The van der Waals surface area contributed by atoms with E-state index in [1.165, 1.54) is 74.5 Å². The van der Waals surface area contributed by atoms with Crippen LogP contribution in [0.15, 0.2) is 72.2 Å². The van der Waals surface area contributed by atoms with E-state index in [4.69, 9.17) is 10.2 Å². The number of nitrogens with zero attached hydrogens (tertiary/aromatic N) is 2. The minimum absolute atomic E-state index is 0. The molecule has 4 N–H and O–H groups in total. The van der Waals surface area contributed by atoms with E-state index in [2.05, 4.69) is 0 Å². The molecule has 160 valence electrons. The van der Waals surface area contributed by atoms with Crippen LogP contribution in [0.25, 0.3) is 0 Å². The van der Waals surface area contributed by atoms with Crippen molar-refractivity contribution in [3.63, 3.8) is 0 Å². The molecule has 0 atom stereocenters. The smallest absolute Gasteiger partial charge is 0.350 e. The zero-order valence-electron chi connectivity index (χ0n) is 16.6. The summed E-state index contributed by atoms with van der Waals surface area (Å²) in [6, 6.07) is 10.8. The average Bonchev–Trinajstić information content (AvgIpc) is 2.67. The van der Waals surface area contributed by atoms with Gasteiger partial charge in [0.15, 0.2) is 0 Å². The standard InChI is InChI=1S/2C10H9NO4.Sn/c2*1-7(12)6-10(13)8-2-4-9(5-3-8)11(14)15;/h2*2-6,12H,1H3;/p+2/b2*7-6-;. The van der Waals surface area contributed by atoms with E-state index < -0.39 is 9.85 Å². The van der Waals surface area contributed by atoms with Crippen molar-refractivity contribution in [3.8, 4) is 0 Å². The predicted octanol–water partition coefficient (Wildman–Crippen LogP) is 3.52. The number of ketones is 2. The second-order valence-electron chi connectivity index (χ2n) is 5.95. The number of aliphatic hydroxyl groups is 2. The third-order valence-electron chi connectivity index (χ3n) is 3.44. The predicted molar refractivity (Wildman–Crippen MR) is 117 cm³/mol. The molecule has 0 aliphatic rings. The Morgan fingerprint density at radius 2 is 1.00 bits per heavy atom. The van der Waals surface area contributed by atoms with Crippen molar-refractivity contribution in [3.05, 3.63) is 104 Å². The summed E-state index contributed by atoms with van der Waals surface area (Å²) in [5.41, 5.74) is 0.732. The van der Waals surface area contributed by atoms with Crippen molar-refractivity contribution in [2.24, 2.45) is 0 Å². The second-order valence-corrected chi connectivity index (χ2v) is 5.95. The van der Waals surface area contributed by atoms with Gasteiger partial charge >= 0.3 is 11.6 Å². The van der Waals surface area contributed by atoms with Crippen molar-refractivity contribution in [2.45, 2.75) is 13.8 Å². The zero-order chi connectivity index (χ0) is 22.8. The number of hydrogen-bond acceptors (Lipinski definition) is 6. The normalized spacial score (nSPS) is 10.8. The monoisotopic (exact) mass is 536 g/mol. The van der Waals surface area contributed by atoms with Crippen LogP contribution in [0.4, 0.5) is 11.4 Å². The Morgan fingerprint density at radius 1 is 0.742 bits per heavy atom. The van der Waals surface area contributed by atoms with Gasteiger partial charge in [-0.3, -0.25) is 29.8 Å². The van der Waals surface area contributed by atoms with E-state index in [1.54, 1.807) is 0 Å². The van der Waals surface area contributed by atoms with Crippen LogP contribution in [0.2, 0.25) is 0 Å². The Bertz CT molecular complexity index is 921.